The number of methoxy groups -OCH3 is 1. The predicted molar refractivity (Wildman–Crippen MR) is 140 cm³/mol. The summed E-state index contributed by atoms with van der Waals surface area (Å²) in [6.45, 7) is 13.6. The molecule has 0 saturated carbocycles. The van der Waals surface area contributed by atoms with E-state index in [-0.39, 0.29) is 29.3 Å². The third kappa shape index (κ3) is 5.96. The number of carbonyl (C=O) groups is 3. The van der Waals surface area contributed by atoms with Crippen LogP contribution in [-0.2, 0) is 30.0 Å². The highest BCUT2D eigenvalue weighted by Crippen LogP contribution is 2.44. The Labute approximate surface area is 211 Å². The Kier molecular flexibility index (Phi) is 7.50. The Balaban J connectivity index is 2.20. The van der Waals surface area contributed by atoms with Gasteiger partial charge in [0, 0.05) is 22.9 Å². The third-order valence-electron chi connectivity index (χ3n) is 5.62. The molecule has 35 heavy (non-hydrogen) atoms. The lowest BCUT2D eigenvalue weighted by Crippen LogP contribution is -2.38. The zero-order valence-corrected chi connectivity index (χ0v) is 22.5. The Hall–Kier alpha value is -3.06. The van der Waals surface area contributed by atoms with E-state index in [2.05, 4.69) is 41.5 Å². The molecule has 6 nitrogen and oxygen atoms in total. The molecule has 1 aliphatic rings. The lowest BCUT2D eigenvalue weighted by Gasteiger charge is -2.31. The molecule has 1 amide bonds. The molecule has 0 aliphatic carbocycles. The SMILES string of the molecule is COC(=O)CN1C(=O)C(=Cc2cc(C(C)(C)C)c(OC(C)=O)c(C(C)(C)C)c2)Sc2ccccc21. The first-order chi connectivity index (χ1) is 16.2. The van der Waals surface area contributed by atoms with Crippen molar-refractivity contribution in [3.05, 3.63) is 58.0 Å². The number of esters is 2. The van der Waals surface area contributed by atoms with Crippen molar-refractivity contribution in [1.82, 2.24) is 0 Å². The molecule has 2 aromatic rings. The van der Waals surface area contributed by atoms with Crippen molar-refractivity contribution in [3.63, 3.8) is 0 Å². The van der Waals surface area contributed by atoms with Crippen molar-refractivity contribution in [2.75, 3.05) is 18.6 Å². The fraction of sp³-hybridized carbons (Fsp3) is 0.393. The van der Waals surface area contributed by atoms with Gasteiger partial charge in [-0.05, 0) is 46.7 Å². The average molecular weight is 496 g/mol. The number of thioether (sulfide) groups is 1. The first kappa shape index (κ1) is 26.5. The lowest BCUT2D eigenvalue weighted by molar-refractivity contribution is -0.139. The molecule has 0 atom stereocenters. The normalized spacial score (nSPS) is 15.1. The number of nitrogens with zero attached hydrogens (tertiary/aromatic N) is 1. The summed E-state index contributed by atoms with van der Waals surface area (Å²) in [5, 5.41) is 0. The molecule has 186 valence electrons. The molecule has 0 radical (unpaired) electrons. The van der Waals surface area contributed by atoms with E-state index in [0.29, 0.717) is 16.3 Å². The van der Waals surface area contributed by atoms with Crippen LogP contribution >= 0.6 is 11.8 Å². The van der Waals surface area contributed by atoms with Gasteiger partial charge in [0.15, 0.2) is 0 Å². The van der Waals surface area contributed by atoms with E-state index in [1.54, 1.807) is 0 Å². The quantitative estimate of drug-likeness (QED) is 0.301. The van der Waals surface area contributed by atoms with E-state index >= 15 is 0 Å². The number of anilines is 1. The number of rotatable bonds is 4. The van der Waals surface area contributed by atoms with Crippen LogP contribution in [0.25, 0.3) is 6.08 Å². The molecule has 0 bridgehead atoms. The van der Waals surface area contributed by atoms with Crippen molar-refractivity contribution in [1.29, 1.82) is 0 Å². The van der Waals surface area contributed by atoms with Crippen LogP contribution in [0.5, 0.6) is 5.75 Å². The van der Waals surface area contributed by atoms with Crippen LogP contribution in [0.3, 0.4) is 0 Å². The third-order valence-corrected chi connectivity index (χ3v) is 6.70. The number of ether oxygens (including phenoxy) is 2. The smallest absolute Gasteiger partial charge is 0.325 e. The second kappa shape index (κ2) is 9.90. The molecule has 0 aromatic heterocycles. The van der Waals surface area contributed by atoms with Crippen molar-refractivity contribution < 1.29 is 23.9 Å². The summed E-state index contributed by atoms with van der Waals surface area (Å²) in [5.41, 5.74) is 2.64. The number of hydrogen-bond donors (Lipinski definition) is 0. The first-order valence-electron chi connectivity index (χ1n) is 11.5. The topological polar surface area (TPSA) is 72.9 Å². The number of hydrogen-bond acceptors (Lipinski definition) is 6. The van der Waals surface area contributed by atoms with E-state index in [9.17, 15) is 14.4 Å². The molecule has 7 heteroatoms. The Morgan fingerprint density at radius 3 is 2.09 bits per heavy atom. The van der Waals surface area contributed by atoms with Crippen LogP contribution in [0.1, 0.15) is 65.2 Å². The minimum Gasteiger partial charge on any atom is -0.468 e. The van der Waals surface area contributed by atoms with Gasteiger partial charge in [-0.1, -0.05) is 65.4 Å². The van der Waals surface area contributed by atoms with E-state index in [0.717, 1.165) is 21.6 Å². The van der Waals surface area contributed by atoms with Gasteiger partial charge >= 0.3 is 11.9 Å². The molecule has 0 unspecified atom stereocenters. The number of para-hydroxylation sites is 1. The Bertz CT molecular complexity index is 1170. The Morgan fingerprint density at radius 2 is 1.57 bits per heavy atom. The minimum atomic E-state index is -0.491. The van der Waals surface area contributed by atoms with Gasteiger partial charge in [-0.3, -0.25) is 19.3 Å². The first-order valence-corrected chi connectivity index (χ1v) is 12.3. The van der Waals surface area contributed by atoms with E-state index in [1.165, 1.54) is 30.7 Å². The average Bonchev–Trinajstić information content (AvgIpc) is 2.75. The van der Waals surface area contributed by atoms with Gasteiger partial charge in [-0.15, -0.1) is 0 Å². The van der Waals surface area contributed by atoms with Gasteiger partial charge in [0.25, 0.3) is 5.91 Å². The number of benzene rings is 2. The van der Waals surface area contributed by atoms with Crippen LogP contribution in [0, 0.1) is 0 Å². The van der Waals surface area contributed by atoms with Crippen molar-refractivity contribution in [2.24, 2.45) is 0 Å². The van der Waals surface area contributed by atoms with Crippen LogP contribution in [0.15, 0.2) is 46.2 Å². The monoisotopic (exact) mass is 495 g/mol. The second-order valence-corrected chi connectivity index (χ2v) is 11.7. The molecule has 1 heterocycles. The van der Waals surface area contributed by atoms with Gasteiger partial charge in [-0.2, -0.15) is 0 Å². The molecule has 0 fully saturated rings. The zero-order valence-electron chi connectivity index (χ0n) is 21.6. The summed E-state index contributed by atoms with van der Waals surface area (Å²) in [7, 11) is 1.31. The maximum atomic E-state index is 13.5. The lowest BCUT2D eigenvalue weighted by atomic mass is 9.78. The summed E-state index contributed by atoms with van der Waals surface area (Å²) in [6.07, 6.45) is 1.84. The van der Waals surface area contributed by atoms with Crippen LogP contribution < -0.4 is 9.64 Å². The maximum absolute atomic E-state index is 13.5. The maximum Gasteiger partial charge on any atom is 0.325 e. The van der Waals surface area contributed by atoms with Gasteiger partial charge in [0.05, 0.1) is 17.7 Å². The van der Waals surface area contributed by atoms with Crippen molar-refractivity contribution in [3.8, 4) is 5.75 Å². The summed E-state index contributed by atoms with van der Waals surface area (Å²) < 4.78 is 10.5. The van der Waals surface area contributed by atoms with Crippen LogP contribution in [0.4, 0.5) is 5.69 Å². The summed E-state index contributed by atoms with van der Waals surface area (Å²) in [4.78, 5) is 40.3. The summed E-state index contributed by atoms with van der Waals surface area (Å²) in [6, 6.07) is 11.4. The molecule has 0 saturated heterocycles. The van der Waals surface area contributed by atoms with Gasteiger partial charge in [-0.25, -0.2) is 0 Å². The van der Waals surface area contributed by atoms with Gasteiger partial charge in [0.2, 0.25) is 0 Å². The van der Waals surface area contributed by atoms with Gasteiger partial charge in [0.1, 0.15) is 12.3 Å². The molecule has 0 spiro atoms. The minimum absolute atomic E-state index is 0.171. The fourth-order valence-electron chi connectivity index (χ4n) is 3.87. The molecular formula is C28H33NO5S. The molecule has 2 aromatic carbocycles. The molecule has 1 aliphatic heterocycles. The highest BCUT2D eigenvalue weighted by molar-refractivity contribution is 8.04. The molecule has 3 rings (SSSR count). The standard InChI is InChI=1S/C28H33NO5S/c1-17(30)34-25-19(27(2,3)4)13-18(14-20(25)28(5,6)7)15-23-26(32)29(16-24(31)33-8)21-11-9-10-12-22(21)35-23/h9-15H,16H2,1-8H3. The van der Waals surface area contributed by atoms with Crippen molar-refractivity contribution >= 4 is 41.4 Å². The highest BCUT2D eigenvalue weighted by Gasteiger charge is 2.32. The molecular weight excluding hydrogens is 462 g/mol. The highest BCUT2D eigenvalue weighted by atomic mass is 32.2. The van der Waals surface area contributed by atoms with E-state index in [4.69, 9.17) is 9.47 Å². The zero-order chi connectivity index (χ0) is 26.1. The van der Waals surface area contributed by atoms with E-state index in [1.807, 2.05) is 42.5 Å². The largest absolute Gasteiger partial charge is 0.468 e. The number of carbonyl (C=O) groups excluding carboxylic acids is 3. The number of fused-ring (bicyclic) bond motifs is 1. The molecule has 0 N–H and O–H groups in total. The number of amides is 1. The van der Waals surface area contributed by atoms with Gasteiger partial charge < -0.3 is 9.47 Å². The second-order valence-electron chi connectivity index (χ2n) is 10.6. The summed E-state index contributed by atoms with van der Waals surface area (Å²) in [5.74, 6) is -0.562. The van der Waals surface area contributed by atoms with Crippen molar-refractivity contribution in [2.45, 2.75) is 64.2 Å². The van der Waals surface area contributed by atoms with Crippen LogP contribution in [-0.4, -0.2) is 31.5 Å². The fourth-order valence-corrected chi connectivity index (χ4v) is 4.93. The van der Waals surface area contributed by atoms with Crippen LogP contribution in [0.2, 0.25) is 0 Å². The summed E-state index contributed by atoms with van der Waals surface area (Å²) >= 11 is 1.37. The Morgan fingerprint density at radius 1 is 1.00 bits per heavy atom. The predicted octanol–water partition coefficient (Wildman–Crippen LogP) is 5.86. The van der Waals surface area contributed by atoms with E-state index < -0.39 is 5.97 Å².